The van der Waals surface area contributed by atoms with Crippen molar-refractivity contribution >= 4 is 17.4 Å². The van der Waals surface area contributed by atoms with Gasteiger partial charge in [-0.3, -0.25) is 4.79 Å². The van der Waals surface area contributed by atoms with Gasteiger partial charge >= 0.3 is 0 Å². The maximum atomic E-state index is 11.2. The van der Waals surface area contributed by atoms with E-state index in [1.165, 1.54) is 0 Å². The van der Waals surface area contributed by atoms with Crippen LogP contribution >= 0.6 is 11.6 Å². The van der Waals surface area contributed by atoms with E-state index in [0.717, 1.165) is 12.0 Å². The first-order valence-electron chi connectivity index (χ1n) is 4.16. The fraction of sp³-hybridized carbons (Fsp3) is 0.500. The van der Waals surface area contributed by atoms with E-state index in [2.05, 4.69) is 0 Å². The Morgan fingerprint density at radius 1 is 1.75 bits per heavy atom. The number of halogens is 1. The largest absolute Gasteiger partial charge is 0.295 e. The van der Waals surface area contributed by atoms with Crippen LogP contribution in [0.2, 0.25) is 0 Å². The van der Waals surface area contributed by atoms with Crippen LogP contribution in [-0.4, -0.2) is 11.7 Å². The van der Waals surface area contributed by atoms with Crippen LogP contribution < -0.4 is 0 Å². The molecule has 1 aliphatic carbocycles. The molecule has 0 amide bonds. The van der Waals surface area contributed by atoms with Crippen molar-refractivity contribution in [2.24, 2.45) is 5.92 Å². The number of carbonyl (C=O) groups is 1. The minimum atomic E-state index is 0.269. The minimum absolute atomic E-state index is 0.269. The summed E-state index contributed by atoms with van der Waals surface area (Å²) in [7, 11) is 0. The van der Waals surface area contributed by atoms with Crippen molar-refractivity contribution < 1.29 is 4.79 Å². The molecule has 0 aliphatic heterocycles. The molecule has 1 rings (SSSR count). The predicted molar refractivity (Wildman–Crippen MR) is 51.3 cm³/mol. The van der Waals surface area contributed by atoms with Gasteiger partial charge in [-0.25, -0.2) is 0 Å². The lowest BCUT2D eigenvalue weighted by Gasteiger charge is -2.15. The van der Waals surface area contributed by atoms with Crippen LogP contribution in [0.1, 0.15) is 19.8 Å². The van der Waals surface area contributed by atoms with Gasteiger partial charge in [-0.2, -0.15) is 0 Å². The highest BCUT2D eigenvalue weighted by Gasteiger charge is 2.16. The molecule has 2 heteroatoms. The molecular weight excluding hydrogens is 172 g/mol. The molecule has 0 heterocycles. The zero-order chi connectivity index (χ0) is 8.97. The molecule has 0 radical (unpaired) electrons. The van der Waals surface area contributed by atoms with Gasteiger partial charge in [-0.15, -0.1) is 11.6 Å². The Kier molecular flexibility index (Phi) is 3.54. The number of hydrogen-bond acceptors (Lipinski definition) is 1. The zero-order valence-electron chi connectivity index (χ0n) is 7.22. The monoisotopic (exact) mass is 184 g/mol. The molecular formula is C10H13ClO. The highest BCUT2D eigenvalue weighted by Crippen LogP contribution is 2.21. The lowest BCUT2D eigenvalue weighted by atomic mass is 9.89. The topological polar surface area (TPSA) is 17.1 Å². The van der Waals surface area contributed by atoms with Gasteiger partial charge in [-0.1, -0.05) is 18.2 Å². The van der Waals surface area contributed by atoms with Gasteiger partial charge in [0, 0.05) is 12.3 Å². The molecule has 0 saturated heterocycles. The number of hydrogen-bond donors (Lipinski definition) is 0. The van der Waals surface area contributed by atoms with E-state index in [-0.39, 0.29) is 5.78 Å². The number of ketones is 1. The summed E-state index contributed by atoms with van der Waals surface area (Å²) in [6.07, 6.45) is 7.58. The molecule has 1 unspecified atom stereocenters. The van der Waals surface area contributed by atoms with E-state index in [1.807, 2.05) is 25.2 Å². The maximum absolute atomic E-state index is 11.2. The molecule has 0 bridgehead atoms. The molecule has 1 aliphatic rings. The van der Waals surface area contributed by atoms with Crippen molar-refractivity contribution in [1.29, 1.82) is 0 Å². The summed E-state index contributed by atoms with van der Waals surface area (Å²) in [5, 5.41) is 0. The minimum Gasteiger partial charge on any atom is -0.295 e. The second-order valence-corrected chi connectivity index (χ2v) is 3.40. The SMILES string of the molecule is CC1=CCC(C=CCCl)CC1=O. The Labute approximate surface area is 78.1 Å². The van der Waals surface area contributed by atoms with Crippen molar-refractivity contribution in [2.45, 2.75) is 19.8 Å². The normalized spacial score (nSPS) is 24.7. The quantitative estimate of drug-likeness (QED) is 0.477. The van der Waals surface area contributed by atoms with Crippen molar-refractivity contribution in [2.75, 3.05) is 5.88 Å². The molecule has 0 aromatic rings. The third-order valence-corrected chi connectivity index (χ3v) is 2.29. The Hall–Kier alpha value is -0.560. The van der Waals surface area contributed by atoms with Crippen molar-refractivity contribution in [3.05, 3.63) is 23.8 Å². The molecule has 0 fully saturated rings. The average molecular weight is 185 g/mol. The third kappa shape index (κ3) is 2.49. The summed E-state index contributed by atoms with van der Waals surface area (Å²) >= 11 is 5.50. The highest BCUT2D eigenvalue weighted by atomic mass is 35.5. The Morgan fingerprint density at radius 2 is 2.50 bits per heavy atom. The van der Waals surface area contributed by atoms with E-state index in [9.17, 15) is 4.79 Å². The van der Waals surface area contributed by atoms with Gasteiger partial charge in [0.25, 0.3) is 0 Å². The second-order valence-electron chi connectivity index (χ2n) is 3.09. The van der Waals surface area contributed by atoms with Crippen molar-refractivity contribution in [1.82, 2.24) is 0 Å². The van der Waals surface area contributed by atoms with Gasteiger partial charge < -0.3 is 0 Å². The highest BCUT2D eigenvalue weighted by molar-refractivity contribution is 6.18. The molecule has 0 N–H and O–H groups in total. The lowest BCUT2D eigenvalue weighted by Crippen LogP contribution is -2.12. The molecule has 1 atom stereocenters. The standard InChI is InChI=1S/C10H13ClO/c1-8-4-5-9(3-2-6-11)7-10(8)12/h2-4,9H,5-7H2,1H3. The first-order chi connectivity index (χ1) is 5.74. The van der Waals surface area contributed by atoms with E-state index in [1.54, 1.807) is 0 Å². The summed E-state index contributed by atoms with van der Waals surface area (Å²) in [6, 6.07) is 0. The summed E-state index contributed by atoms with van der Waals surface area (Å²) < 4.78 is 0. The van der Waals surface area contributed by atoms with Crippen LogP contribution in [0.5, 0.6) is 0 Å². The summed E-state index contributed by atoms with van der Waals surface area (Å²) in [6.45, 7) is 1.88. The summed E-state index contributed by atoms with van der Waals surface area (Å²) in [4.78, 5) is 11.2. The smallest absolute Gasteiger partial charge is 0.158 e. The second kappa shape index (κ2) is 4.46. The summed E-state index contributed by atoms with van der Waals surface area (Å²) in [5.41, 5.74) is 0.908. The first kappa shape index (κ1) is 9.53. The van der Waals surface area contributed by atoms with Crippen LogP contribution in [-0.2, 0) is 4.79 Å². The Morgan fingerprint density at radius 3 is 3.08 bits per heavy atom. The van der Waals surface area contributed by atoms with Gasteiger partial charge in [0.2, 0.25) is 0 Å². The molecule has 12 heavy (non-hydrogen) atoms. The first-order valence-corrected chi connectivity index (χ1v) is 4.70. The molecule has 66 valence electrons. The number of allylic oxidation sites excluding steroid dienone is 4. The van der Waals surface area contributed by atoms with Crippen LogP contribution in [0.4, 0.5) is 0 Å². The molecule has 1 nitrogen and oxygen atoms in total. The maximum Gasteiger partial charge on any atom is 0.158 e. The van der Waals surface area contributed by atoms with Crippen LogP contribution in [0.15, 0.2) is 23.8 Å². The number of rotatable bonds is 2. The predicted octanol–water partition coefficient (Wildman–Crippen LogP) is 2.71. The Bertz CT molecular complexity index is 228. The molecule has 0 saturated carbocycles. The van der Waals surface area contributed by atoms with Gasteiger partial charge in [0.05, 0.1) is 0 Å². The molecule has 0 aromatic carbocycles. The van der Waals surface area contributed by atoms with Crippen molar-refractivity contribution in [3.8, 4) is 0 Å². The van der Waals surface area contributed by atoms with Crippen molar-refractivity contribution in [3.63, 3.8) is 0 Å². The fourth-order valence-electron chi connectivity index (χ4n) is 1.31. The number of Topliss-reactive ketones (excluding diaryl/α,β-unsaturated/α-hetero) is 1. The molecule has 0 spiro atoms. The van der Waals surface area contributed by atoms with Crippen LogP contribution in [0, 0.1) is 5.92 Å². The molecule has 0 aromatic heterocycles. The van der Waals surface area contributed by atoms with Gasteiger partial charge in [0.15, 0.2) is 5.78 Å². The number of alkyl halides is 1. The third-order valence-electron chi connectivity index (χ3n) is 2.11. The van der Waals surface area contributed by atoms with E-state index < -0.39 is 0 Å². The van der Waals surface area contributed by atoms with Gasteiger partial charge in [-0.05, 0) is 24.8 Å². The fourth-order valence-corrected chi connectivity index (χ4v) is 1.42. The lowest BCUT2D eigenvalue weighted by molar-refractivity contribution is -0.116. The van der Waals surface area contributed by atoms with Crippen LogP contribution in [0.3, 0.4) is 0 Å². The van der Waals surface area contributed by atoms with E-state index >= 15 is 0 Å². The van der Waals surface area contributed by atoms with Gasteiger partial charge in [0.1, 0.15) is 0 Å². The average Bonchev–Trinajstić information content (AvgIpc) is 2.07. The van der Waals surface area contributed by atoms with E-state index in [4.69, 9.17) is 11.6 Å². The van der Waals surface area contributed by atoms with E-state index in [0.29, 0.717) is 18.2 Å². The van der Waals surface area contributed by atoms with Crippen LogP contribution in [0.25, 0.3) is 0 Å². The zero-order valence-corrected chi connectivity index (χ0v) is 7.97. The number of carbonyl (C=O) groups excluding carboxylic acids is 1. The Balaban J connectivity index is 2.53. The summed E-state index contributed by atoms with van der Waals surface area (Å²) in [5.74, 6) is 1.18.